The number of ether oxygens (including phenoxy) is 1. The van der Waals surface area contributed by atoms with Crippen molar-refractivity contribution < 1.29 is 14.3 Å². The zero-order valence-electron chi connectivity index (χ0n) is 15.7. The highest BCUT2D eigenvalue weighted by Gasteiger charge is 2.28. The molecule has 1 aromatic carbocycles. The van der Waals surface area contributed by atoms with Crippen molar-refractivity contribution in [2.75, 3.05) is 5.32 Å². The Morgan fingerprint density at radius 1 is 1.22 bits per heavy atom. The SMILES string of the molecule is CC(C)(C)OC(=O)N[C@H]1CC[C@H](C(=O)Nc2nc3cc(Cl)ccc3s2)CC1. The van der Waals surface area contributed by atoms with Crippen molar-refractivity contribution in [1.29, 1.82) is 0 Å². The summed E-state index contributed by atoms with van der Waals surface area (Å²) in [6.45, 7) is 5.51. The van der Waals surface area contributed by atoms with Gasteiger partial charge in [-0.25, -0.2) is 9.78 Å². The Balaban J connectivity index is 1.50. The van der Waals surface area contributed by atoms with Gasteiger partial charge in [0.25, 0.3) is 0 Å². The largest absolute Gasteiger partial charge is 0.444 e. The van der Waals surface area contributed by atoms with Gasteiger partial charge in [0.2, 0.25) is 5.91 Å². The van der Waals surface area contributed by atoms with E-state index < -0.39 is 11.7 Å². The first-order valence-corrected chi connectivity index (χ1v) is 10.3. The van der Waals surface area contributed by atoms with E-state index in [0.717, 1.165) is 35.9 Å². The molecule has 1 aromatic heterocycles. The van der Waals surface area contributed by atoms with E-state index in [0.29, 0.717) is 10.2 Å². The van der Waals surface area contributed by atoms with Crippen molar-refractivity contribution >= 4 is 50.3 Å². The fourth-order valence-corrected chi connectivity index (χ4v) is 4.15. The van der Waals surface area contributed by atoms with E-state index in [1.165, 1.54) is 11.3 Å². The summed E-state index contributed by atoms with van der Waals surface area (Å²) in [6.07, 6.45) is 2.56. The molecule has 2 amide bonds. The lowest BCUT2D eigenvalue weighted by molar-refractivity contribution is -0.120. The van der Waals surface area contributed by atoms with Crippen molar-refractivity contribution in [2.24, 2.45) is 5.92 Å². The van der Waals surface area contributed by atoms with Crippen LogP contribution in [0.1, 0.15) is 46.5 Å². The summed E-state index contributed by atoms with van der Waals surface area (Å²) in [5, 5.41) is 7.03. The first kappa shape index (κ1) is 19.9. The molecule has 0 spiro atoms. The van der Waals surface area contributed by atoms with Crippen LogP contribution in [-0.2, 0) is 9.53 Å². The smallest absolute Gasteiger partial charge is 0.407 e. The number of carbonyl (C=O) groups excluding carboxylic acids is 2. The maximum absolute atomic E-state index is 12.5. The van der Waals surface area contributed by atoms with E-state index in [-0.39, 0.29) is 17.9 Å². The normalized spacial score (nSPS) is 20.3. The third-order valence-corrected chi connectivity index (χ3v) is 5.59. The van der Waals surface area contributed by atoms with Crippen LogP contribution in [0.15, 0.2) is 18.2 Å². The highest BCUT2D eigenvalue weighted by Crippen LogP contribution is 2.30. The van der Waals surface area contributed by atoms with E-state index in [1.54, 1.807) is 6.07 Å². The number of aromatic nitrogens is 1. The van der Waals surface area contributed by atoms with Crippen molar-refractivity contribution in [3.63, 3.8) is 0 Å². The monoisotopic (exact) mass is 409 g/mol. The molecule has 0 saturated heterocycles. The lowest BCUT2D eigenvalue weighted by Crippen LogP contribution is -2.42. The molecular weight excluding hydrogens is 386 g/mol. The average molecular weight is 410 g/mol. The van der Waals surface area contributed by atoms with Gasteiger partial charge in [0.15, 0.2) is 5.13 Å². The van der Waals surface area contributed by atoms with Crippen molar-refractivity contribution in [3.8, 4) is 0 Å². The number of rotatable bonds is 3. The van der Waals surface area contributed by atoms with Crippen molar-refractivity contribution in [3.05, 3.63) is 23.2 Å². The number of amides is 2. The molecule has 1 heterocycles. The average Bonchev–Trinajstić information content (AvgIpc) is 2.94. The second kappa shape index (κ2) is 8.02. The van der Waals surface area contributed by atoms with Crippen LogP contribution in [0.3, 0.4) is 0 Å². The minimum absolute atomic E-state index is 0.0177. The van der Waals surface area contributed by atoms with Gasteiger partial charge >= 0.3 is 6.09 Å². The summed E-state index contributed by atoms with van der Waals surface area (Å²) in [7, 11) is 0. The lowest BCUT2D eigenvalue weighted by Gasteiger charge is -2.29. The van der Waals surface area contributed by atoms with Crippen LogP contribution in [-0.4, -0.2) is 28.6 Å². The van der Waals surface area contributed by atoms with E-state index >= 15 is 0 Å². The Labute approximate surface area is 167 Å². The van der Waals surface area contributed by atoms with Gasteiger partial charge < -0.3 is 15.4 Å². The number of thiazole rings is 1. The predicted octanol–water partition coefficient (Wildman–Crippen LogP) is 4.97. The molecule has 146 valence electrons. The lowest BCUT2D eigenvalue weighted by atomic mass is 9.85. The topological polar surface area (TPSA) is 80.3 Å². The van der Waals surface area contributed by atoms with Gasteiger partial charge in [0.05, 0.1) is 10.2 Å². The van der Waals surface area contributed by atoms with Gasteiger partial charge in [-0.2, -0.15) is 0 Å². The molecule has 1 aliphatic rings. The number of benzene rings is 1. The molecule has 0 unspecified atom stereocenters. The predicted molar refractivity (Wildman–Crippen MR) is 108 cm³/mol. The van der Waals surface area contributed by atoms with Crippen LogP contribution >= 0.6 is 22.9 Å². The number of hydrogen-bond donors (Lipinski definition) is 2. The Morgan fingerprint density at radius 2 is 1.93 bits per heavy atom. The zero-order valence-corrected chi connectivity index (χ0v) is 17.2. The molecule has 2 N–H and O–H groups in total. The van der Waals surface area contributed by atoms with Gasteiger partial charge in [-0.05, 0) is 64.7 Å². The first-order valence-electron chi connectivity index (χ1n) is 9.06. The molecule has 27 heavy (non-hydrogen) atoms. The highest BCUT2D eigenvalue weighted by atomic mass is 35.5. The number of fused-ring (bicyclic) bond motifs is 1. The zero-order chi connectivity index (χ0) is 19.6. The molecular formula is C19H24ClN3O3S. The number of alkyl carbamates (subject to hydrolysis) is 1. The first-order chi connectivity index (χ1) is 12.7. The Hall–Kier alpha value is -1.86. The Bertz CT molecular complexity index is 838. The second-order valence-corrected chi connectivity index (χ2v) is 9.28. The maximum atomic E-state index is 12.5. The van der Waals surface area contributed by atoms with Crippen LogP contribution in [0.4, 0.5) is 9.93 Å². The van der Waals surface area contributed by atoms with Crippen molar-refractivity contribution in [2.45, 2.75) is 58.1 Å². The molecule has 2 aromatic rings. The molecule has 0 bridgehead atoms. The number of nitrogens with zero attached hydrogens (tertiary/aromatic N) is 1. The van der Waals surface area contributed by atoms with Gasteiger partial charge in [-0.15, -0.1) is 0 Å². The van der Waals surface area contributed by atoms with Crippen LogP contribution in [0.2, 0.25) is 5.02 Å². The molecule has 6 nitrogen and oxygen atoms in total. The van der Waals surface area contributed by atoms with Gasteiger partial charge in [-0.1, -0.05) is 22.9 Å². The number of carbonyl (C=O) groups is 2. The summed E-state index contributed by atoms with van der Waals surface area (Å²) < 4.78 is 6.27. The van der Waals surface area contributed by atoms with Crippen LogP contribution < -0.4 is 10.6 Å². The second-order valence-electron chi connectivity index (χ2n) is 7.82. The minimum Gasteiger partial charge on any atom is -0.444 e. The fourth-order valence-electron chi connectivity index (χ4n) is 3.14. The molecule has 0 atom stereocenters. The fraction of sp³-hybridized carbons (Fsp3) is 0.526. The number of anilines is 1. The summed E-state index contributed by atoms with van der Waals surface area (Å²) >= 11 is 7.42. The van der Waals surface area contributed by atoms with Crippen LogP contribution in [0, 0.1) is 5.92 Å². The molecule has 0 aliphatic heterocycles. The Morgan fingerprint density at radius 3 is 2.59 bits per heavy atom. The summed E-state index contributed by atoms with van der Waals surface area (Å²) in [4.78, 5) is 28.8. The van der Waals surface area contributed by atoms with Crippen LogP contribution in [0.5, 0.6) is 0 Å². The quantitative estimate of drug-likeness (QED) is 0.749. The summed E-state index contributed by atoms with van der Waals surface area (Å²) in [5.74, 6) is -0.0897. The molecule has 1 fully saturated rings. The standard InChI is InChI=1S/C19H24ClN3O3S/c1-19(2,3)26-18(25)21-13-7-4-11(5-8-13)16(24)23-17-22-14-10-12(20)6-9-15(14)27-17/h6,9-11,13H,4-5,7-8H2,1-3H3,(H,21,25)(H,22,23,24)/t11-,13-. The van der Waals surface area contributed by atoms with E-state index in [9.17, 15) is 9.59 Å². The summed E-state index contributed by atoms with van der Waals surface area (Å²) in [5.41, 5.74) is 0.274. The van der Waals surface area contributed by atoms with E-state index in [1.807, 2.05) is 32.9 Å². The minimum atomic E-state index is -0.511. The van der Waals surface area contributed by atoms with Crippen LogP contribution in [0.25, 0.3) is 10.2 Å². The molecule has 1 saturated carbocycles. The van der Waals surface area contributed by atoms with Crippen molar-refractivity contribution in [1.82, 2.24) is 10.3 Å². The van der Waals surface area contributed by atoms with E-state index in [2.05, 4.69) is 15.6 Å². The number of halogens is 1. The highest BCUT2D eigenvalue weighted by molar-refractivity contribution is 7.22. The Kier molecular flexibility index (Phi) is 5.91. The van der Waals surface area contributed by atoms with E-state index in [4.69, 9.17) is 16.3 Å². The van der Waals surface area contributed by atoms with Gasteiger partial charge in [0.1, 0.15) is 5.60 Å². The third-order valence-electron chi connectivity index (χ3n) is 4.40. The maximum Gasteiger partial charge on any atom is 0.407 e. The molecule has 3 rings (SSSR count). The van der Waals surface area contributed by atoms with Gasteiger partial charge in [-0.3, -0.25) is 4.79 Å². The number of nitrogens with one attached hydrogen (secondary N) is 2. The number of hydrogen-bond acceptors (Lipinski definition) is 5. The van der Waals surface area contributed by atoms with Gasteiger partial charge in [0, 0.05) is 17.0 Å². The summed E-state index contributed by atoms with van der Waals surface area (Å²) in [6, 6.07) is 5.55. The molecule has 8 heteroatoms. The molecule has 1 aliphatic carbocycles. The molecule has 0 radical (unpaired) electrons. The third kappa shape index (κ3) is 5.56.